The van der Waals surface area contributed by atoms with Crippen molar-refractivity contribution in [3.05, 3.63) is 23.8 Å². The largest absolute Gasteiger partial charge is 0.496 e. The van der Waals surface area contributed by atoms with E-state index in [0.717, 1.165) is 32.7 Å². The summed E-state index contributed by atoms with van der Waals surface area (Å²) in [5, 5.41) is 9.61. The van der Waals surface area contributed by atoms with Gasteiger partial charge in [-0.1, -0.05) is 6.07 Å². The van der Waals surface area contributed by atoms with Crippen LogP contribution in [0.3, 0.4) is 0 Å². The SMILES string of the molecule is COc1cccc(OC)c1C(=O)N1CCN(C[C@H]2CN(C[C@@H](C)O)CCO2)CC1. The Morgan fingerprint density at radius 3 is 2.38 bits per heavy atom. The highest BCUT2D eigenvalue weighted by atomic mass is 16.5. The van der Waals surface area contributed by atoms with Crippen molar-refractivity contribution in [3.63, 3.8) is 0 Å². The predicted octanol–water partition coefficient (Wildman–Crippen LogP) is 0.543. The van der Waals surface area contributed by atoms with E-state index in [1.807, 2.05) is 17.9 Å². The van der Waals surface area contributed by atoms with Crippen LogP contribution in [-0.4, -0.2) is 111 Å². The van der Waals surface area contributed by atoms with Crippen LogP contribution in [0.25, 0.3) is 0 Å². The lowest BCUT2D eigenvalue weighted by Crippen LogP contribution is -2.54. The molecule has 0 unspecified atom stereocenters. The number of aliphatic hydroxyl groups is 1. The summed E-state index contributed by atoms with van der Waals surface area (Å²) in [6, 6.07) is 5.38. The molecule has 1 N–H and O–H groups in total. The monoisotopic (exact) mass is 407 g/mol. The zero-order valence-electron chi connectivity index (χ0n) is 17.7. The molecule has 29 heavy (non-hydrogen) atoms. The fraction of sp³-hybridized carbons (Fsp3) is 0.667. The molecule has 0 saturated carbocycles. The average molecular weight is 408 g/mol. The molecule has 0 aliphatic carbocycles. The number of morpholine rings is 1. The average Bonchev–Trinajstić information content (AvgIpc) is 2.73. The molecule has 2 aliphatic heterocycles. The van der Waals surface area contributed by atoms with E-state index in [4.69, 9.17) is 14.2 Å². The van der Waals surface area contributed by atoms with Gasteiger partial charge in [0.25, 0.3) is 5.91 Å². The van der Waals surface area contributed by atoms with Crippen LogP contribution in [0.1, 0.15) is 17.3 Å². The van der Waals surface area contributed by atoms with E-state index in [-0.39, 0.29) is 18.1 Å². The summed E-state index contributed by atoms with van der Waals surface area (Å²) in [6.45, 7) is 8.67. The van der Waals surface area contributed by atoms with Crippen LogP contribution in [0.4, 0.5) is 0 Å². The highest BCUT2D eigenvalue weighted by Gasteiger charge is 2.29. The maximum absolute atomic E-state index is 13.1. The van der Waals surface area contributed by atoms with Gasteiger partial charge in [-0.15, -0.1) is 0 Å². The minimum atomic E-state index is -0.324. The van der Waals surface area contributed by atoms with Gasteiger partial charge in [-0.05, 0) is 19.1 Å². The van der Waals surface area contributed by atoms with Crippen LogP contribution in [0.5, 0.6) is 11.5 Å². The van der Waals surface area contributed by atoms with E-state index in [2.05, 4.69) is 9.80 Å². The maximum Gasteiger partial charge on any atom is 0.261 e. The van der Waals surface area contributed by atoms with Crippen LogP contribution >= 0.6 is 0 Å². The molecule has 0 spiro atoms. The Kier molecular flexibility index (Phi) is 7.71. The van der Waals surface area contributed by atoms with Crippen LogP contribution < -0.4 is 9.47 Å². The minimum absolute atomic E-state index is 0.0593. The van der Waals surface area contributed by atoms with Crippen molar-refractivity contribution in [2.24, 2.45) is 0 Å². The topological polar surface area (TPSA) is 74.7 Å². The number of benzene rings is 1. The number of rotatable bonds is 7. The Balaban J connectivity index is 1.54. The number of β-amino-alcohol motifs (C(OH)–C–C–N with tert-alkyl or cyclic N) is 1. The summed E-state index contributed by atoms with van der Waals surface area (Å²) in [6.07, 6.45) is -0.186. The smallest absolute Gasteiger partial charge is 0.261 e. The fourth-order valence-corrected chi connectivity index (χ4v) is 4.07. The van der Waals surface area contributed by atoms with E-state index < -0.39 is 0 Å². The van der Waals surface area contributed by atoms with Crippen molar-refractivity contribution < 1.29 is 24.1 Å². The molecular formula is C21H33N3O5. The van der Waals surface area contributed by atoms with Gasteiger partial charge in [0.15, 0.2) is 0 Å². The number of amides is 1. The number of methoxy groups -OCH3 is 2. The normalized spacial score (nSPS) is 22.3. The molecule has 1 aromatic rings. The lowest BCUT2D eigenvalue weighted by Gasteiger charge is -2.39. The third kappa shape index (κ3) is 5.60. The third-order valence-corrected chi connectivity index (χ3v) is 5.51. The summed E-state index contributed by atoms with van der Waals surface area (Å²) < 4.78 is 16.7. The van der Waals surface area contributed by atoms with Crippen LogP contribution in [0.15, 0.2) is 18.2 Å². The number of ether oxygens (including phenoxy) is 3. The zero-order chi connectivity index (χ0) is 20.8. The van der Waals surface area contributed by atoms with Gasteiger partial charge >= 0.3 is 0 Å². The fourth-order valence-electron chi connectivity index (χ4n) is 4.07. The number of hydrogen-bond donors (Lipinski definition) is 1. The van der Waals surface area contributed by atoms with E-state index in [0.29, 0.717) is 43.3 Å². The zero-order valence-corrected chi connectivity index (χ0v) is 17.7. The molecule has 8 nitrogen and oxygen atoms in total. The van der Waals surface area contributed by atoms with Crippen molar-refractivity contribution >= 4 is 5.91 Å². The number of nitrogens with zero attached hydrogens (tertiary/aromatic N) is 3. The Labute approximate surface area is 172 Å². The molecule has 2 saturated heterocycles. The first-order valence-electron chi connectivity index (χ1n) is 10.3. The number of hydrogen-bond acceptors (Lipinski definition) is 7. The maximum atomic E-state index is 13.1. The first kappa shape index (κ1) is 21.8. The van der Waals surface area contributed by atoms with Crippen molar-refractivity contribution in [3.8, 4) is 11.5 Å². The molecule has 0 radical (unpaired) electrons. The summed E-state index contributed by atoms with van der Waals surface area (Å²) in [4.78, 5) is 19.6. The second-order valence-corrected chi connectivity index (χ2v) is 7.73. The first-order chi connectivity index (χ1) is 14.0. The molecular weight excluding hydrogens is 374 g/mol. The number of carbonyl (C=O) groups excluding carboxylic acids is 1. The molecule has 1 aromatic carbocycles. The summed E-state index contributed by atoms with van der Waals surface area (Å²) in [5.74, 6) is 1.01. The van der Waals surface area contributed by atoms with Gasteiger partial charge in [0, 0.05) is 52.4 Å². The van der Waals surface area contributed by atoms with Gasteiger partial charge in [0.05, 0.1) is 33.0 Å². The number of carbonyl (C=O) groups is 1. The highest BCUT2D eigenvalue weighted by molar-refractivity contribution is 5.99. The summed E-state index contributed by atoms with van der Waals surface area (Å²) in [7, 11) is 3.13. The molecule has 2 aliphatic rings. The highest BCUT2D eigenvalue weighted by Crippen LogP contribution is 2.29. The Bertz CT molecular complexity index is 654. The number of piperazine rings is 1. The molecule has 162 valence electrons. The Morgan fingerprint density at radius 2 is 1.79 bits per heavy atom. The molecule has 3 rings (SSSR count). The lowest BCUT2D eigenvalue weighted by molar-refractivity contribution is -0.0551. The van der Waals surface area contributed by atoms with Crippen molar-refractivity contribution in [2.45, 2.75) is 19.1 Å². The second kappa shape index (κ2) is 10.2. The van der Waals surface area contributed by atoms with E-state index in [9.17, 15) is 9.90 Å². The first-order valence-corrected chi connectivity index (χ1v) is 10.3. The Hall–Kier alpha value is -1.87. The van der Waals surface area contributed by atoms with Crippen molar-refractivity contribution in [1.29, 1.82) is 0 Å². The molecule has 0 aromatic heterocycles. The molecule has 2 heterocycles. The predicted molar refractivity (Wildman–Crippen MR) is 110 cm³/mol. The van der Waals surface area contributed by atoms with E-state index in [1.165, 1.54) is 0 Å². The van der Waals surface area contributed by atoms with E-state index >= 15 is 0 Å². The number of aliphatic hydroxyl groups excluding tert-OH is 1. The van der Waals surface area contributed by atoms with Crippen molar-refractivity contribution in [2.75, 3.05) is 73.2 Å². The molecule has 8 heteroatoms. The Morgan fingerprint density at radius 1 is 1.14 bits per heavy atom. The summed E-state index contributed by atoms with van der Waals surface area (Å²) >= 11 is 0. The van der Waals surface area contributed by atoms with Crippen LogP contribution in [-0.2, 0) is 4.74 Å². The second-order valence-electron chi connectivity index (χ2n) is 7.73. The molecule has 2 fully saturated rings. The molecule has 2 atom stereocenters. The standard InChI is InChI=1S/C21H33N3O5/c1-16(25)13-23-11-12-29-17(15-23)14-22-7-9-24(10-8-22)21(26)20-18(27-2)5-4-6-19(20)28-3/h4-6,16-17,25H,7-15H2,1-3H3/t16-,17+/m1/s1. The van der Waals surface area contributed by atoms with E-state index in [1.54, 1.807) is 26.4 Å². The lowest BCUT2D eigenvalue weighted by atomic mass is 10.1. The summed E-state index contributed by atoms with van der Waals surface area (Å²) in [5.41, 5.74) is 0.482. The van der Waals surface area contributed by atoms with Gasteiger partial charge in [0.2, 0.25) is 0 Å². The molecule has 1 amide bonds. The van der Waals surface area contributed by atoms with Gasteiger partial charge in [-0.3, -0.25) is 14.6 Å². The van der Waals surface area contributed by atoms with Gasteiger partial charge in [-0.25, -0.2) is 0 Å². The van der Waals surface area contributed by atoms with Crippen molar-refractivity contribution in [1.82, 2.24) is 14.7 Å². The third-order valence-electron chi connectivity index (χ3n) is 5.51. The molecule has 0 bridgehead atoms. The van der Waals surface area contributed by atoms with Crippen LogP contribution in [0.2, 0.25) is 0 Å². The minimum Gasteiger partial charge on any atom is -0.496 e. The van der Waals surface area contributed by atoms with Crippen LogP contribution in [0, 0.1) is 0 Å². The van der Waals surface area contributed by atoms with Gasteiger partial charge in [-0.2, -0.15) is 0 Å². The quantitative estimate of drug-likeness (QED) is 0.707. The van der Waals surface area contributed by atoms with Gasteiger partial charge in [0.1, 0.15) is 17.1 Å². The van der Waals surface area contributed by atoms with Gasteiger partial charge < -0.3 is 24.2 Å².